The Bertz CT molecular complexity index is 2090. The van der Waals surface area contributed by atoms with Crippen molar-refractivity contribution in [2.24, 2.45) is 0 Å². The molecule has 242 valence electrons. The monoisotopic (exact) mass is 664 g/mol. The highest BCUT2D eigenvalue weighted by Gasteiger charge is 2.24. The molecule has 0 fully saturated rings. The van der Waals surface area contributed by atoms with E-state index < -0.39 is 11.6 Å². The molecule has 1 atom stereocenters. The first-order valence-corrected chi connectivity index (χ1v) is 16.3. The molecule has 0 saturated carbocycles. The lowest BCUT2D eigenvalue weighted by molar-refractivity contribution is 0.0927. The number of nitrogens with zero attached hydrogens (tertiary/aromatic N) is 6. The van der Waals surface area contributed by atoms with Crippen LogP contribution in [0.2, 0.25) is 0 Å². The van der Waals surface area contributed by atoms with Gasteiger partial charge in [0.15, 0.2) is 0 Å². The maximum absolute atomic E-state index is 14.3. The van der Waals surface area contributed by atoms with Crippen LogP contribution in [0, 0.1) is 11.6 Å². The number of rotatable bonds is 10. The first-order valence-electron chi connectivity index (χ1n) is 15.5. The van der Waals surface area contributed by atoms with Crippen molar-refractivity contribution in [2.45, 2.75) is 38.4 Å². The first kappa shape index (κ1) is 31.1. The minimum Gasteiger partial charge on any atom is -0.351 e. The molecular formula is C35H30F2N8O2S. The van der Waals surface area contributed by atoms with E-state index in [1.54, 1.807) is 28.3 Å². The number of aryl methyl sites for hydroxylation is 2. The van der Waals surface area contributed by atoms with Gasteiger partial charge in [0.25, 0.3) is 11.8 Å². The lowest BCUT2D eigenvalue weighted by atomic mass is 10.1. The number of amides is 2. The first-order chi connectivity index (χ1) is 23.4. The van der Waals surface area contributed by atoms with Gasteiger partial charge in [-0.05, 0) is 54.8 Å². The summed E-state index contributed by atoms with van der Waals surface area (Å²) >= 11 is 1.66. The molecule has 2 N–H and O–H groups in total. The number of thiophene rings is 1. The number of aromatic nitrogens is 6. The Morgan fingerprint density at radius 2 is 1.79 bits per heavy atom. The second-order valence-corrected chi connectivity index (χ2v) is 12.5. The van der Waals surface area contributed by atoms with Gasteiger partial charge in [0.05, 0.1) is 16.8 Å². The fraction of sp³-hybridized carbons (Fsp3) is 0.200. The third kappa shape index (κ3) is 6.91. The topological polar surface area (TPSA) is 120 Å². The zero-order valence-corrected chi connectivity index (χ0v) is 26.5. The van der Waals surface area contributed by atoms with E-state index in [4.69, 9.17) is 0 Å². The molecule has 4 aromatic heterocycles. The number of imidazole rings is 1. The molecule has 2 aromatic carbocycles. The van der Waals surface area contributed by atoms with E-state index in [-0.39, 0.29) is 29.1 Å². The maximum Gasteiger partial charge on any atom is 0.269 e. The van der Waals surface area contributed by atoms with Gasteiger partial charge in [0.1, 0.15) is 28.8 Å². The molecule has 13 heteroatoms. The van der Waals surface area contributed by atoms with Gasteiger partial charge >= 0.3 is 0 Å². The largest absolute Gasteiger partial charge is 0.351 e. The van der Waals surface area contributed by atoms with Crippen molar-refractivity contribution in [1.29, 1.82) is 0 Å². The van der Waals surface area contributed by atoms with Crippen LogP contribution >= 0.6 is 11.3 Å². The highest BCUT2D eigenvalue weighted by molar-refractivity contribution is 7.18. The predicted octanol–water partition coefficient (Wildman–Crippen LogP) is 5.78. The van der Waals surface area contributed by atoms with E-state index in [1.165, 1.54) is 24.4 Å². The van der Waals surface area contributed by atoms with Crippen molar-refractivity contribution in [1.82, 2.24) is 40.2 Å². The summed E-state index contributed by atoms with van der Waals surface area (Å²) in [7, 11) is 0. The van der Waals surface area contributed by atoms with E-state index in [9.17, 15) is 18.4 Å². The van der Waals surface area contributed by atoms with E-state index >= 15 is 0 Å². The quantitative estimate of drug-likeness (QED) is 0.180. The Morgan fingerprint density at radius 3 is 2.65 bits per heavy atom. The molecular weight excluding hydrogens is 635 g/mol. The Hall–Kier alpha value is -5.56. The number of halogens is 2. The van der Waals surface area contributed by atoms with Crippen LogP contribution in [0.4, 0.5) is 8.78 Å². The summed E-state index contributed by atoms with van der Waals surface area (Å²) in [6.45, 7) is 1.41. The normalized spacial score (nSPS) is 14.0. The molecule has 1 aliphatic heterocycles. The van der Waals surface area contributed by atoms with Crippen LogP contribution in [0.1, 0.15) is 39.5 Å². The van der Waals surface area contributed by atoms with Crippen LogP contribution in [0.3, 0.4) is 0 Å². The van der Waals surface area contributed by atoms with Gasteiger partial charge < -0.3 is 15.2 Å². The SMILES string of the molecule is O=C(NC1CCc2nc(-c3ccc(F)cc3F)cn2C1)c1ccnc(C(=O)NCCCn2cc(-c3ccc(-c4ccccc4)s3)nn2)c1. The minimum atomic E-state index is -0.676. The van der Waals surface area contributed by atoms with Crippen LogP contribution in [-0.2, 0) is 19.5 Å². The van der Waals surface area contributed by atoms with Gasteiger partial charge in [-0.25, -0.2) is 13.8 Å². The smallest absolute Gasteiger partial charge is 0.269 e. The number of nitrogens with one attached hydrogen (secondary N) is 2. The molecule has 1 unspecified atom stereocenters. The standard InChI is InChI=1S/C35H30F2N8O2S/c36-24-7-9-26(27(37)18-24)29-20-44-19-25(8-12-33(44)41-29)40-34(46)23-13-15-38-28(17-23)35(47)39-14-4-16-45-21-30(42-43-45)32-11-10-31(48-32)22-5-2-1-3-6-22/h1-3,5-7,9-11,13,15,17-18,20-21,25H,4,8,12,14,16,19H2,(H,39,47)(H,40,46). The van der Waals surface area contributed by atoms with E-state index in [0.29, 0.717) is 50.2 Å². The Kier molecular flexibility index (Phi) is 8.84. The average Bonchev–Trinajstić information content (AvgIpc) is 3.87. The fourth-order valence-corrected chi connectivity index (χ4v) is 6.60. The third-order valence-electron chi connectivity index (χ3n) is 8.09. The van der Waals surface area contributed by atoms with Crippen LogP contribution in [0.15, 0.2) is 91.4 Å². The zero-order chi connectivity index (χ0) is 33.0. The molecule has 10 nitrogen and oxygen atoms in total. The predicted molar refractivity (Wildman–Crippen MR) is 177 cm³/mol. The Labute approximate surface area is 278 Å². The summed E-state index contributed by atoms with van der Waals surface area (Å²) in [6.07, 6.45) is 6.90. The highest BCUT2D eigenvalue weighted by atomic mass is 32.1. The number of benzene rings is 2. The van der Waals surface area contributed by atoms with Gasteiger partial charge in [-0.1, -0.05) is 35.5 Å². The zero-order valence-electron chi connectivity index (χ0n) is 25.6. The summed E-state index contributed by atoms with van der Waals surface area (Å²) in [4.78, 5) is 36.8. The molecule has 0 radical (unpaired) electrons. The molecule has 0 spiro atoms. The van der Waals surface area contributed by atoms with Crippen molar-refractivity contribution in [2.75, 3.05) is 6.54 Å². The van der Waals surface area contributed by atoms with E-state index in [2.05, 4.69) is 49.1 Å². The molecule has 0 saturated heterocycles. The van der Waals surface area contributed by atoms with Gasteiger partial charge in [0.2, 0.25) is 0 Å². The van der Waals surface area contributed by atoms with Crippen molar-refractivity contribution >= 4 is 23.2 Å². The van der Waals surface area contributed by atoms with Crippen molar-refractivity contribution < 1.29 is 18.4 Å². The van der Waals surface area contributed by atoms with Gasteiger partial charge in [-0.15, -0.1) is 16.4 Å². The minimum absolute atomic E-state index is 0.143. The summed E-state index contributed by atoms with van der Waals surface area (Å²) < 4.78 is 31.3. The van der Waals surface area contributed by atoms with Gasteiger partial charge in [-0.2, -0.15) is 0 Å². The van der Waals surface area contributed by atoms with Crippen LogP contribution in [0.25, 0.3) is 32.3 Å². The molecule has 6 aromatic rings. The second-order valence-electron chi connectivity index (χ2n) is 11.5. The Morgan fingerprint density at radius 1 is 0.938 bits per heavy atom. The van der Waals surface area contributed by atoms with Gasteiger partial charge in [-0.3, -0.25) is 19.3 Å². The summed E-state index contributed by atoms with van der Waals surface area (Å²) in [6, 6.07) is 20.6. The van der Waals surface area contributed by atoms with Crippen LogP contribution < -0.4 is 10.6 Å². The molecule has 0 aliphatic carbocycles. The number of carbonyl (C=O) groups excluding carboxylic acids is 2. The van der Waals surface area contributed by atoms with Gasteiger partial charge in [0, 0.05) is 66.6 Å². The molecule has 0 bridgehead atoms. The van der Waals surface area contributed by atoms with Crippen LogP contribution in [0.5, 0.6) is 0 Å². The van der Waals surface area contributed by atoms with Crippen molar-refractivity contribution in [3.05, 3.63) is 120 Å². The Balaban J connectivity index is 0.892. The molecule has 2 amide bonds. The molecule has 5 heterocycles. The number of pyridine rings is 1. The summed E-state index contributed by atoms with van der Waals surface area (Å²) in [5.74, 6) is -1.26. The molecule has 7 rings (SSSR count). The number of hydrogen-bond donors (Lipinski definition) is 2. The number of carbonyl (C=O) groups is 2. The lowest BCUT2D eigenvalue weighted by Gasteiger charge is -2.24. The lowest BCUT2D eigenvalue weighted by Crippen LogP contribution is -2.41. The number of fused-ring (bicyclic) bond motifs is 1. The second kappa shape index (κ2) is 13.7. The molecule has 48 heavy (non-hydrogen) atoms. The van der Waals surface area contributed by atoms with Crippen molar-refractivity contribution in [3.8, 4) is 32.3 Å². The average molecular weight is 665 g/mol. The summed E-state index contributed by atoms with van der Waals surface area (Å²) in [5, 5.41) is 14.4. The fourth-order valence-electron chi connectivity index (χ4n) is 5.64. The van der Waals surface area contributed by atoms with Crippen molar-refractivity contribution in [3.63, 3.8) is 0 Å². The van der Waals surface area contributed by atoms with E-state index in [1.807, 2.05) is 35.0 Å². The molecule has 1 aliphatic rings. The third-order valence-corrected chi connectivity index (χ3v) is 9.25. The number of hydrogen-bond acceptors (Lipinski definition) is 7. The van der Waals surface area contributed by atoms with Crippen LogP contribution in [-0.4, -0.2) is 53.9 Å². The van der Waals surface area contributed by atoms with E-state index in [0.717, 1.165) is 32.9 Å². The maximum atomic E-state index is 14.3. The highest BCUT2D eigenvalue weighted by Crippen LogP contribution is 2.33. The summed E-state index contributed by atoms with van der Waals surface area (Å²) in [5.41, 5.74) is 3.06.